The number of carbonyl (C=O) groups is 1. The summed E-state index contributed by atoms with van der Waals surface area (Å²) in [5, 5.41) is 0. The number of carbonyl (C=O) groups excluding carboxylic acids is 1. The first-order valence-electron chi connectivity index (χ1n) is 7.82. The molecule has 4 atom stereocenters. The number of benzene rings is 1. The van der Waals surface area contributed by atoms with Crippen LogP contribution in [-0.2, 0) is 4.79 Å². The second-order valence-corrected chi connectivity index (χ2v) is 7.50. The van der Waals surface area contributed by atoms with Gasteiger partial charge in [0.05, 0.1) is 0 Å². The first kappa shape index (κ1) is 12.4. The topological polar surface area (TPSA) is 17.1 Å². The summed E-state index contributed by atoms with van der Waals surface area (Å²) in [6.07, 6.45) is 2.48. The van der Waals surface area contributed by atoms with Gasteiger partial charge in [0, 0.05) is 5.92 Å². The lowest BCUT2D eigenvalue weighted by atomic mass is 9.43. The van der Waals surface area contributed by atoms with Crippen LogP contribution in [0.1, 0.15) is 39.2 Å². The molecule has 1 aromatic rings. The minimum absolute atomic E-state index is 0.269. The van der Waals surface area contributed by atoms with E-state index in [0.717, 1.165) is 11.5 Å². The van der Waals surface area contributed by atoms with Gasteiger partial charge in [-0.3, -0.25) is 4.79 Å². The minimum Gasteiger partial charge on any atom is -0.294 e. The Bertz CT molecular complexity index is 608. The van der Waals surface area contributed by atoms with Gasteiger partial charge in [-0.1, -0.05) is 44.2 Å². The molecule has 0 spiro atoms. The number of hydrogen-bond donors (Lipinski definition) is 0. The van der Waals surface area contributed by atoms with Crippen molar-refractivity contribution >= 4 is 11.4 Å². The van der Waals surface area contributed by atoms with Crippen molar-refractivity contribution in [3.63, 3.8) is 0 Å². The second-order valence-electron chi connectivity index (χ2n) is 7.50. The van der Waals surface area contributed by atoms with Crippen molar-refractivity contribution in [3.05, 3.63) is 41.5 Å². The molecule has 0 heterocycles. The van der Waals surface area contributed by atoms with E-state index in [-0.39, 0.29) is 5.92 Å². The predicted octanol–water partition coefficient (Wildman–Crippen LogP) is 4.34. The van der Waals surface area contributed by atoms with E-state index in [9.17, 15) is 4.79 Å². The van der Waals surface area contributed by atoms with Crippen molar-refractivity contribution in [2.45, 2.75) is 33.6 Å². The van der Waals surface area contributed by atoms with Crippen molar-refractivity contribution < 1.29 is 4.79 Å². The maximum atomic E-state index is 12.8. The third-order valence-corrected chi connectivity index (χ3v) is 6.48. The van der Waals surface area contributed by atoms with E-state index in [1.807, 2.05) is 6.92 Å². The summed E-state index contributed by atoms with van der Waals surface area (Å²) < 4.78 is 0. The molecule has 5 rings (SSSR count). The molecule has 0 aliphatic heterocycles. The summed E-state index contributed by atoms with van der Waals surface area (Å²) in [6.45, 7) is 6.78. The average molecular weight is 266 g/mol. The number of Topliss-reactive ketones (excluding diaryl/α,β-unsaturated/α-hetero) is 1. The van der Waals surface area contributed by atoms with Gasteiger partial charge in [0.1, 0.15) is 0 Å². The smallest absolute Gasteiger partial charge is 0.162 e. The van der Waals surface area contributed by atoms with Gasteiger partial charge in [0.25, 0.3) is 0 Å². The maximum Gasteiger partial charge on any atom is 0.162 e. The van der Waals surface area contributed by atoms with Gasteiger partial charge in [0.2, 0.25) is 0 Å². The van der Waals surface area contributed by atoms with Crippen LogP contribution >= 0.6 is 0 Å². The van der Waals surface area contributed by atoms with Crippen LogP contribution in [0.3, 0.4) is 0 Å². The van der Waals surface area contributed by atoms with E-state index in [0.29, 0.717) is 23.0 Å². The summed E-state index contributed by atoms with van der Waals surface area (Å²) in [7, 11) is 0. The average Bonchev–Trinajstić information content (AvgIpc) is 2.72. The van der Waals surface area contributed by atoms with Gasteiger partial charge >= 0.3 is 0 Å². The zero-order valence-electron chi connectivity index (χ0n) is 12.5. The molecule has 0 unspecified atom stereocenters. The normalized spacial score (nSPS) is 37.6. The van der Waals surface area contributed by atoms with E-state index >= 15 is 0 Å². The third kappa shape index (κ3) is 1.36. The summed E-state index contributed by atoms with van der Waals surface area (Å²) in [5.74, 6) is 2.61. The molecule has 3 fully saturated rings. The Labute approximate surface area is 121 Å². The van der Waals surface area contributed by atoms with Crippen molar-refractivity contribution in [2.24, 2.45) is 29.1 Å². The molecule has 0 radical (unpaired) electrons. The van der Waals surface area contributed by atoms with Gasteiger partial charge in [-0.25, -0.2) is 0 Å². The Kier molecular flexibility index (Phi) is 2.38. The van der Waals surface area contributed by atoms with Gasteiger partial charge < -0.3 is 0 Å². The highest BCUT2D eigenvalue weighted by Crippen LogP contribution is 2.67. The lowest BCUT2D eigenvalue weighted by Crippen LogP contribution is -2.56. The fourth-order valence-corrected chi connectivity index (χ4v) is 5.17. The highest BCUT2D eigenvalue weighted by atomic mass is 16.1. The van der Waals surface area contributed by atoms with E-state index < -0.39 is 0 Å². The van der Waals surface area contributed by atoms with Crippen LogP contribution in [0.5, 0.6) is 0 Å². The Balaban J connectivity index is 1.78. The molecule has 1 nitrogen and oxygen atoms in total. The number of hydrogen-bond acceptors (Lipinski definition) is 1. The molecule has 1 heteroatoms. The van der Waals surface area contributed by atoms with Crippen molar-refractivity contribution in [2.75, 3.05) is 0 Å². The molecule has 104 valence electrons. The lowest BCUT2D eigenvalue weighted by Gasteiger charge is -2.61. The van der Waals surface area contributed by atoms with Crippen LogP contribution in [0.25, 0.3) is 5.57 Å². The summed E-state index contributed by atoms with van der Waals surface area (Å²) in [6, 6.07) is 10.6. The molecular formula is C19H22O. The molecule has 4 aliphatic rings. The van der Waals surface area contributed by atoms with E-state index in [4.69, 9.17) is 0 Å². The largest absolute Gasteiger partial charge is 0.294 e. The highest BCUT2D eigenvalue weighted by Gasteiger charge is 2.62. The molecule has 0 amide bonds. The SMILES string of the molecule is CC1=C(c2ccccc2)[C@H]2C[C@@H]3C[C@H]([C@H]2C1=O)C3(C)C. The number of allylic oxidation sites excluding steroid dienone is 2. The lowest BCUT2D eigenvalue weighted by molar-refractivity contribution is -0.147. The molecule has 0 aromatic heterocycles. The summed E-state index contributed by atoms with van der Waals surface area (Å²) in [5.41, 5.74) is 4.04. The quantitative estimate of drug-likeness (QED) is 0.739. The molecular weight excluding hydrogens is 244 g/mol. The monoisotopic (exact) mass is 266 g/mol. The van der Waals surface area contributed by atoms with Crippen molar-refractivity contribution in [1.29, 1.82) is 0 Å². The zero-order valence-corrected chi connectivity index (χ0v) is 12.5. The van der Waals surface area contributed by atoms with Crippen LogP contribution in [0.4, 0.5) is 0 Å². The second kappa shape index (κ2) is 3.84. The van der Waals surface area contributed by atoms with Crippen LogP contribution in [0.15, 0.2) is 35.9 Å². The first-order chi connectivity index (χ1) is 9.51. The molecule has 1 aromatic carbocycles. The van der Waals surface area contributed by atoms with E-state index in [2.05, 4.69) is 44.2 Å². The highest BCUT2D eigenvalue weighted by molar-refractivity contribution is 6.09. The van der Waals surface area contributed by atoms with E-state index in [1.165, 1.54) is 24.0 Å². The van der Waals surface area contributed by atoms with E-state index in [1.54, 1.807) is 0 Å². The summed E-state index contributed by atoms with van der Waals surface area (Å²) >= 11 is 0. The minimum atomic E-state index is 0.269. The van der Waals surface area contributed by atoms with Gasteiger partial charge in [0.15, 0.2) is 5.78 Å². The van der Waals surface area contributed by atoms with Gasteiger partial charge in [-0.2, -0.15) is 0 Å². The molecule has 2 bridgehead atoms. The fraction of sp³-hybridized carbons (Fsp3) is 0.526. The first-order valence-corrected chi connectivity index (χ1v) is 7.82. The molecule has 4 aliphatic carbocycles. The molecule has 20 heavy (non-hydrogen) atoms. The van der Waals surface area contributed by atoms with Crippen LogP contribution < -0.4 is 0 Å². The fourth-order valence-electron chi connectivity index (χ4n) is 5.17. The van der Waals surface area contributed by atoms with Gasteiger partial charge in [-0.05, 0) is 59.6 Å². The standard InChI is InChI=1S/C19H22O/c1-11-16(12-7-5-4-6-8-12)14-9-13-10-15(19(13,2)3)17(14)18(11)20/h4-8,13-15,17H,9-10H2,1-3H3/t13-,14-,15-,17+/m1/s1. The molecule has 0 saturated heterocycles. The summed E-state index contributed by atoms with van der Waals surface area (Å²) in [4.78, 5) is 12.8. The third-order valence-electron chi connectivity index (χ3n) is 6.48. The zero-order chi connectivity index (χ0) is 14.1. The predicted molar refractivity (Wildman–Crippen MR) is 81.0 cm³/mol. The Morgan fingerprint density at radius 2 is 1.80 bits per heavy atom. The molecule has 3 saturated carbocycles. The Morgan fingerprint density at radius 1 is 1.10 bits per heavy atom. The number of ketones is 1. The molecule has 0 N–H and O–H groups in total. The van der Waals surface area contributed by atoms with Crippen molar-refractivity contribution in [3.8, 4) is 0 Å². The van der Waals surface area contributed by atoms with Crippen LogP contribution in [-0.4, -0.2) is 5.78 Å². The van der Waals surface area contributed by atoms with Crippen LogP contribution in [0.2, 0.25) is 0 Å². The van der Waals surface area contributed by atoms with Gasteiger partial charge in [-0.15, -0.1) is 0 Å². The number of rotatable bonds is 1. The van der Waals surface area contributed by atoms with Crippen LogP contribution in [0, 0.1) is 29.1 Å². The van der Waals surface area contributed by atoms with Crippen molar-refractivity contribution in [1.82, 2.24) is 0 Å². The Morgan fingerprint density at radius 3 is 2.45 bits per heavy atom. The Hall–Kier alpha value is -1.37. The maximum absolute atomic E-state index is 12.8.